The average molecular weight is 260 g/mol. The molecule has 1 N–H and O–H groups in total. The minimum absolute atomic E-state index is 0.00551. The van der Waals surface area contributed by atoms with Gasteiger partial charge in [0.1, 0.15) is 12.1 Å². The summed E-state index contributed by atoms with van der Waals surface area (Å²) in [5, 5.41) is 2.82. The summed E-state index contributed by atoms with van der Waals surface area (Å²) in [5.41, 5.74) is 1.06. The highest BCUT2D eigenvalue weighted by Crippen LogP contribution is 2.16. The molecule has 19 heavy (non-hydrogen) atoms. The van der Waals surface area contributed by atoms with Gasteiger partial charge in [0, 0.05) is 12.5 Å². The maximum Gasteiger partial charge on any atom is 0.246 e. The molecule has 2 unspecified atom stereocenters. The highest BCUT2D eigenvalue weighted by Gasteiger charge is 2.39. The Morgan fingerprint density at radius 2 is 1.84 bits per heavy atom. The molecule has 0 saturated carbocycles. The summed E-state index contributed by atoms with van der Waals surface area (Å²) in [5.74, 6) is -0.0693. The molecule has 1 aromatic carbocycles. The fraction of sp³-hybridized carbons (Fsp3) is 0.467. The van der Waals surface area contributed by atoms with Gasteiger partial charge < -0.3 is 10.2 Å². The van der Waals surface area contributed by atoms with Crippen LogP contribution >= 0.6 is 0 Å². The van der Waals surface area contributed by atoms with E-state index in [1.165, 1.54) is 0 Å². The van der Waals surface area contributed by atoms with Gasteiger partial charge >= 0.3 is 0 Å². The molecule has 2 atom stereocenters. The molecule has 1 fully saturated rings. The van der Waals surface area contributed by atoms with Crippen LogP contribution in [0.5, 0.6) is 0 Å². The quantitative estimate of drug-likeness (QED) is 0.892. The minimum atomic E-state index is -0.450. The lowest BCUT2D eigenvalue weighted by Gasteiger charge is -2.40. The van der Waals surface area contributed by atoms with Crippen molar-refractivity contribution in [3.63, 3.8) is 0 Å². The Balaban J connectivity index is 2.17. The maximum absolute atomic E-state index is 12.4. The van der Waals surface area contributed by atoms with Crippen LogP contribution in [0.3, 0.4) is 0 Å². The second-order valence-corrected chi connectivity index (χ2v) is 5.27. The summed E-state index contributed by atoms with van der Waals surface area (Å²) in [6.07, 6.45) is 0.543. The van der Waals surface area contributed by atoms with E-state index in [-0.39, 0.29) is 23.9 Å². The zero-order valence-corrected chi connectivity index (χ0v) is 11.6. The van der Waals surface area contributed by atoms with Crippen LogP contribution in [-0.2, 0) is 16.0 Å². The van der Waals surface area contributed by atoms with Crippen molar-refractivity contribution in [1.29, 1.82) is 0 Å². The zero-order valence-electron chi connectivity index (χ0n) is 11.6. The molecule has 1 saturated heterocycles. The van der Waals surface area contributed by atoms with Crippen molar-refractivity contribution in [2.75, 3.05) is 0 Å². The summed E-state index contributed by atoms with van der Waals surface area (Å²) in [4.78, 5) is 26.1. The van der Waals surface area contributed by atoms with Gasteiger partial charge in [0.25, 0.3) is 0 Å². The minimum Gasteiger partial charge on any atom is -0.342 e. The third-order valence-corrected chi connectivity index (χ3v) is 3.50. The van der Waals surface area contributed by atoms with Gasteiger partial charge in [-0.2, -0.15) is 0 Å². The first kappa shape index (κ1) is 13.6. The number of rotatable bonds is 3. The number of hydrogen-bond acceptors (Lipinski definition) is 2. The number of carbonyl (C=O) groups excluding carboxylic acids is 2. The molecule has 0 aromatic heterocycles. The van der Waals surface area contributed by atoms with E-state index < -0.39 is 6.04 Å². The smallest absolute Gasteiger partial charge is 0.246 e. The van der Waals surface area contributed by atoms with Gasteiger partial charge in [0.2, 0.25) is 11.8 Å². The van der Waals surface area contributed by atoms with Crippen molar-refractivity contribution in [1.82, 2.24) is 10.2 Å². The number of benzene rings is 1. The monoisotopic (exact) mass is 260 g/mol. The Kier molecular flexibility index (Phi) is 3.88. The van der Waals surface area contributed by atoms with E-state index in [9.17, 15) is 9.59 Å². The molecule has 2 rings (SSSR count). The average Bonchev–Trinajstić information content (AvgIpc) is 2.37. The van der Waals surface area contributed by atoms with Crippen LogP contribution in [0.2, 0.25) is 0 Å². The summed E-state index contributed by atoms with van der Waals surface area (Å²) in [6.45, 7) is 5.64. The van der Waals surface area contributed by atoms with Crippen molar-refractivity contribution >= 4 is 11.8 Å². The standard InChI is InChI=1S/C15H20N2O2/c1-10(2)17-11(3)14(18)16-13(15(17)19)9-12-7-5-4-6-8-12/h4-8,10-11,13H,9H2,1-3H3,(H,16,18). The largest absolute Gasteiger partial charge is 0.342 e. The Hall–Kier alpha value is -1.84. The SMILES string of the molecule is CC(C)N1C(=O)C(Cc2ccccc2)NC(=O)C1C. The number of amides is 2. The molecule has 4 nitrogen and oxygen atoms in total. The Morgan fingerprint density at radius 3 is 2.42 bits per heavy atom. The normalized spacial score (nSPS) is 23.7. The molecule has 1 aliphatic rings. The third kappa shape index (κ3) is 2.78. The van der Waals surface area contributed by atoms with Crippen molar-refractivity contribution in [3.05, 3.63) is 35.9 Å². The first-order valence-corrected chi connectivity index (χ1v) is 6.67. The summed E-state index contributed by atoms with van der Waals surface area (Å²) < 4.78 is 0. The predicted octanol–water partition coefficient (Wildman–Crippen LogP) is 1.35. The van der Waals surface area contributed by atoms with E-state index in [4.69, 9.17) is 0 Å². The molecule has 1 aromatic rings. The third-order valence-electron chi connectivity index (χ3n) is 3.50. The maximum atomic E-state index is 12.4. The predicted molar refractivity (Wildman–Crippen MR) is 73.5 cm³/mol. The summed E-state index contributed by atoms with van der Waals surface area (Å²) in [7, 11) is 0. The first-order chi connectivity index (χ1) is 9.00. The van der Waals surface area contributed by atoms with Gasteiger partial charge in [-0.25, -0.2) is 0 Å². The number of piperazine rings is 1. The van der Waals surface area contributed by atoms with E-state index in [0.717, 1.165) is 5.56 Å². The Morgan fingerprint density at radius 1 is 1.21 bits per heavy atom. The molecule has 2 amide bonds. The number of nitrogens with one attached hydrogen (secondary N) is 1. The van der Waals surface area contributed by atoms with Crippen molar-refractivity contribution in [2.24, 2.45) is 0 Å². The van der Waals surface area contributed by atoms with E-state index in [1.807, 2.05) is 44.2 Å². The molecule has 0 aliphatic carbocycles. The highest BCUT2D eigenvalue weighted by molar-refractivity contribution is 5.97. The second-order valence-electron chi connectivity index (χ2n) is 5.27. The van der Waals surface area contributed by atoms with Crippen LogP contribution in [0.25, 0.3) is 0 Å². The number of hydrogen-bond donors (Lipinski definition) is 1. The van der Waals surface area contributed by atoms with Crippen LogP contribution in [-0.4, -0.2) is 34.8 Å². The molecule has 4 heteroatoms. The van der Waals surface area contributed by atoms with Gasteiger partial charge in [-0.1, -0.05) is 30.3 Å². The van der Waals surface area contributed by atoms with Crippen molar-refractivity contribution < 1.29 is 9.59 Å². The fourth-order valence-electron chi connectivity index (χ4n) is 2.54. The van der Waals surface area contributed by atoms with Gasteiger partial charge in [-0.3, -0.25) is 9.59 Å². The lowest BCUT2D eigenvalue weighted by atomic mass is 9.99. The number of carbonyl (C=O) groups is 2. The topological polar surface area (TPSA) is 49.4 Å². The van der Waals surface area contributed by atoms with Crippen LogP contribution in [0.4, 0.5) is 0 Å². The molecule has 102 valence electrons. The first-order valence-electron chi connectivity index (χ1n) is 6.67. The lowest BCUT2D eigenvalue weighted by Crippen LogP contribution is -2.64. The molecule has 1 heterocycles. The van der Waals surface area contributed by atoms with Gasteiger partial charge in [-0.05, 0) is 26.3 Å². The molecular weight excluding hydrogens is 240 g/mol. The summed E-state index contributed by atoms with van der Waals surface area (Å²) in [6, 6.07) is 8.95. The summed E-state index contributed by atoms with van der Waals surface area (Å²) >= 11 is 0. The van der Waals surface area contributed by atoms with Gasteiger partial charge in [-0.15, -0.1) is 0 Å². The van der Waals surface area contributed by atoms with E-state index in [2.05, 4.69) is 5.32 Å². The van der Waals surface area contributed by atoms with E-state index >= 15 is 0 Å². The highest BCUT2D eigenvalue weighted by atomic mass is 16.2. The van der Waals surface area contributed by atoms with Crippen molar-refractivity contribution in [2.45, 2.75) is 45.3 Å². The molecule has 1 aliphatic heterocycles. The fourth-order valence-corrected chi connectivity index (χ4v) is 2.54. The molecule has 0 radical (unpaired) electrons. The molecule has 0 spiro atoms. The lowest BCUT2D eigenvalue weighted by molar-refractivity contribution is -0.150. The van der Waals surface area contributed by atoms with Gasteiger partial charge in [0.05, 0.1) is 0 Å². The Bertz CT molecular complexity index is 470. The van der Waals surface area contributed by atoms with E-state index in [0.29, 0.717) is 6.42 Å². The molecule has 0 bridgehead atoms. The Labute approximate surface area is 113 Å². The zero-order chi connectivity index (χ0) is 14.0. The van der Waals surface area contributed by atoms with Gasteiger partial charge in [0.15, 0.2) is 0 Å². The van der Waals surface area contributed by atoms with Crippen LogP contribution in [0.15, 0.2) is 30.3 Å². The van der Waals surface area contributed by atoms with Crippen LogP contribution in [0.1, 0.15) is 26.3 Å². The second kappa shape index (κ2) is 5.43. The van der Waals surface area contributed by atoms with E-state index in [1.54, 1.807) is 11.8 Å². The van der Waals surface area contributed by atoms with Crippen LogP contribution < -0.4 is 5.32 Å². The number of nitrogens with zero attached hydrogens (tertiary/aromatic N) is 1. The van der Waals surface area contributed by atoms with Crippen molar-refractivity contribution in [3.8, 4) is 0 Å². The molecular formula is C15H20N2O2. The van der Waals surface area contributed by atoms with Crippen LogP contribution in [0, 0.1) is 0 Å².